The van der Waals surface area contributed by atoms with Crippen molar-refractivity contribution in [2.75, 3.05) is 0 Å². The molecule has 0 aromatic rings. The summed E-state index contributed by atoms with van der Waals surface area (Å²) in [6.45, 7) is 7.22. The first-order chi connectivity index (χ1) is 4.36. The fourth-order valence-corrected chi connectivity index (χ4v) is 0.333. The fourth-order valence-electron chi connectivity index (χ4n) is 0.333. The molecule has 0 aliphatic carbocycles. The summed E-state index contributed by atoms with van der Waals surface area (Å²) in [5, 5.41) is 9.99. The smallest absolute Gasteiger partial charge is 0.425 e. The Bertz CT molecular complexity index is 127. The van der Waals surface area contributed by atoms with E-state index in [9.17, 15) is 9.90 Å². The molecule has 0 bridgehead atoms. The van der Waals surface area contributed by atoms with Gasteiger partial charge >= 0.3 is 6.16 Å². The zero-order valence-electron chi connectivity index (χ0n) is 6.80. The van der Waals surface area contributed by atoms with Crippen LogP contribution in [-0.4, -0.2) is 11.8 Å². The third kappa shape index (κ3) is 2.71. The number of carbonyl (C=O) groups is 1. The van der Waals surface area contributed by atoms with Crippen molar-refractivity contribution in [2.24, 2.45) is 5.92 Å². The Labute approximate surface area is 61.0 Å². The average Bonchev–Trinajstić information content (AvgIpc) is 1.60. The second kappa shape index (κ2) is 2.90. The van der Waals surface area contributed by atoms with Crippen LogP contribution >= 0.6 is 0 Å². The Morgan fingerprint density at radius 3 is 1.90 bits per heavy atom. The van der Waals surface area contributed by atoms with Crippen LogP contribution in [0, 0.1) is 5.92 Å². The Balaban J connectivity index is 3.99. The van der Waals surface area contributed by atoms with E-state index in [0.29, 0.717) is 0 Å². The SMILES string of the molecule is CC(C)C(C)(C)OC([O])=O. The number of hydrogen-bond acceptors (Lipinski definition) is 2. The van der Waals surface area contributed by atoms with Gasteiger partial charge in [0.25, 0.3) is 0 Å². The van der Waals surface area contributed by atoms with Gasteiger partial charge in [0.05, 0.1) is 0 Å². The minimum Gasteiger partial charge on any atom is -0.425 e. The van der Waals surface area contributed by atoms with Crippen molar-refractivity contribution >= 4 is 6.16 Å². The lowest BCUT2D eigenvalue weighted by Crippen LogP contribution is -2.32. The van der Waals surface area contributed by atoms with Crippen LogP contribution in [0.5, 0.6) is 0 Å². The molecule has 0 saturated carbocycles. The number of hydrogen-bond donors (Lipinski definition) is 0. The first-order valence-electron chi connectivity index (χ1n) is 3.26. The molecule has 10 heavy (non-hydrogen) atoms. The molecule has 0 aliphatic heterocycles. The zero-order valence-corrected chi connectivity index (χ0v) is 6.80. The van der Waals surface area contributed by atoms with Crippen molar-refractivity contribution in [3.63, 3.8) is 0 Å². The van der Waals surface area contributed by atoms with E-state index in [0.717, 1.165) is 0 Å². The quantitative estimate of drug-likeness (QED) is 0.558. The highest BCUT2D eigenvalue weighted by Gasteiger charge is 2.27. The van der Waals surface area contributed by atoms with Crippen LogP contribution in [0.2, 0.25) is 0 Å². The normalized spacial score (nSPS) is 11.7. The van der Waals surface area contributed by atoms with Crippen LogP contribution in [0.4, 0.5) is 4.79 Å². The molecule has 0 aromatic carbocycles. The van der Waals surface area contributed by atoms with Crippen LogP contribution in [-0.2, 0) is 9.84 Å². The molecule has 0 heterocycles. The number of rotatable bonds is 2. The molecule has 0 atom stereocenters. The molecule has 0 amide bonds. The van der Waals surface area contributed by atoms with E-state index < -0.39 is 11.8 Å². The summed E-state index contributed by atoms with van der Waals surface area (Å²) >= 11 is 0. The Hall–Kier alpha value is -0.730. The van der Waals surface area contributed by atoms with Gasteiger partial charge in [-0.3, -0.25) is 0 Å². The van der Waals surface area contributed by atoms with E-state index in [2.05, 4.69) is 4.74 Å². The standard InChI is InChI=1S/C7H13O3/c1-5(2)7(3,4)10-6(8)9/h5H,1-4H3. The predicted octanol–water partition coefficient (Wildman–Crippen LogP) is 1.99. The van der Waals surface area contributed by atoms with Gasteiger partial charge in [0.15, 0.2) is 0 Å². The van der Waals surface area contributed by atoms with Crippen LogP contribution < -0.4 is 0 Å². The lowest BCUT2D eigenvalue weighted by Gasteiger charge is -2.26. The van der Waals surface area contributed by atoms with E-state index in [1.807, 2.05) is 13.8 Å². The van der Waals surface area contributed by atoms with Crippen molar-refractivity contribution in [2.45, 2.75) is 33.3 Å². The van der Waals surface area contributed by atoms with E-state index in [1.54, 1.807) is 13.8 Å². The number of carbonyl (C=O) groups excluding carboxylic acids is 1. The molecule has 1 radical (unpaired) electrons. The second-order valence-corrected chi connectivity index (χ2v) is 3.11. The molecule has 3 nitrogen and oxygen atoms in total. The largest absolute Gasteiger partial charge is 0.550 e. The third-order valence-electron chi connectivity index (χ3n) is 1.74. The molecule has 0 aromatic heterocycles. The third-order valence-corrected chi connectivity index (χ3v) is 1.74. The van der Waals surface area contributed by atoms with Gasteiger partial charge in [-0.1, -0.05) is 13.8 Å². The van der Waals surface area contributed by atoms with Crippen LogP contribution in [0.15, 0.2) is 0 Å². The summed E-state index contributed by atoms with van der Waals surface area (Å²) < 4.78 is 4.50. The van der Waals surface area contributed by atoms with Gasteiger partial charge < -0.3 is 4.74 Å². The summed E-state index contributed by atoms with van der Waals surface area (Å²) in [7, 11) is 0. The Morgan fingerprint density at radius 1 is 1.40 bits per heavy atom. The predicted molar refractivity (Wildman–Crippen MR) is 36.1 cm³/mol. The molecule has 0 unspecified atom stereocenters. The second-order valence-electron chi connectivity index (χ2n) is 3.11. The van der Waals surface area contributed by atoms with Crippen molar-refractivity contribution < 1.29 is 14.6 Å². The van der Waals surface area contributed by atoms with Crippen LogP contribution in [0.1, 0.15) is 27.7 Å². The molecule has 0 N–H and O–H groups in total. The van der Waals surface area contributed by atoms with Crippen molar-refractivity contribution in [3.05, 3.63) is 0 Å². The van der Waals surface area contributed by atoms with Gasteiger partial charge in [-0.15, -0.1) is 0 Å². The summed E-state index contributed by atoms with van der Waals surface area (Å²) in [5.41, 5.74) is -0.640. The maximum Gasteiger partial charge on any atom is 0.550 e. The lowest BCUT2D eigenvalue weighted by atomic mass is 9.95. The first-order valence-corrected chi connectivity index (χ1v) is 3.26. The van der Waals surface area contributed by atoms with Crippen LogP contribution in [0.25, 0.3) is 0 Å². The molecular formula is C7H13O3. The van der Waals surface area contributed by atoms with Crippen LogP contribution in [0.3, 0.4) is 0 Å². The monoisotopic (exact) mass is 145 g/mol. The summed E-state index contributed by atoms with van der Waals surface area (Å²) in [5.74, 6) is 0.158. The summed E-state index contributed by atoms with van der Waals surface area (Å²) in [4.78, 5) is 9.99. The van der Waals surface area contributed by atoms with Gasteiger partial charge in [0.2, 0.25) is 0 Å². The fraction of sp³-hybridized carbons (Fsp3) is 0.857. The van der Waals surface area contributed by atoms with Crippen molar-refractivity contribution in [3.8, 4) is 0 Å². The highest BCUT2D eigenvalue weighted by molar-refractivity contribution is 5.57. The maximum atomic E-state index is 9.99. The number of ether oxygens (including phenoxy) is 1. The molecule has 59 valence electrons. The molecule has 0 fully saturated rings. The zero-order chi connectivity index (χ0) is 8.36. The summed E-state index contributed by atoms with van der Waals surface area (Å²) in [6.07, 6.45) is -1.46. The molecule has 0 saturated heterocycles. The highest BCUT2D eigenvalue weighted by atomic mass is 16.7. The van der Waals surface area contributed by atoms with Gasteiger partial charge in [0.1, 0.15) is 5.60 Å². The topological polar surface area (TPSA) is 46.2 Å². The van der Waals surface area contributed by atoms with Gasteiger partial charge in [-0.05, 0) is 19.8 Å². The van der Waals surface area contributed by atoms with Gasteiger partial charge in [0, 0.05) is 0 Å². The molecule has 0 spiro atoms. The summed E-state index contributed by atoms with van der Waals surface area (Å²) in [6, 6.07) is 0. The molecule has 0 aliphatic rings. The van der Waals surface area contributed by atoms with E-state index in [-0.39, 0.29) is 5.92 Å². The van der Waals surface area contributed by atoms with Gasteiger partial charge in [-0.2, -0.15) is 9.90 Å². The minimum absolute atomic E-state index is 0.158. The van der Waals surface area contributed by atoms with E-state index >= 15 is 0 Å². The minimum atomic E-state index is -1.46. The molecular weight excluding hydrogens is 132 g/mol. The molecule has 3 heteroatoms. The van der Waals surface area contributed by atoms with Crippen molar-refractivity contribution in [1.29, 1.82) is 0 Å². The highest BCUT2D eigenvalue weighted by Crippen LogP contribution is 2.19. The molecule has 0 rings (SSSR count). The van der Waals surface area contributed by atoms with E-state index in [4.69, 9.17) is 0 Å². The maximum absolute atomic E-state index is 9.99. The first kappa shape index (κ1) is 9.27. The van der Waals surface area contributed by atoms with Gasteiger partial charge in [-0.25, -0.2) is 0 Å². The Morgan fingerprint density at radius 2 is 1.80 bits per heavy atom. The lowest BCUT2D eigenvalue weighted by molar-refractivity contribution is -0.0356. The average molecular weight is 145 g/mol. The van der Waals surface area contributed by atoms with E-state index in [1.165, 1.54) is 0 Å². The Kier molecular flexibility index (Phi) is 2.69. The van der Waals surface area contributed by atoms with Crippen molar-refractivity contribution in [1.82, 2.24) is 0 Å².